The maximum atomic E-state index is 14.0. The van der Waals surface area contributed by atoms with Gasteiger partial charge in [-0.1, -0.05) is 12.1 Å². The minimum Gasteiger partial charge on any atom is -0.305 e. The molecule has 138 valence electrons. The number of hydrogen-bond donors (Lipinski definition) is 1. The number of hydrogen-bond acceptors (Lipinski definition) is 4. The molecule has 1 fully saturated rings. The number of allylic oxidation sites excluding steroid dienone is 2. The van der Waals surface area contributed by atoms with Gasteiger partial charge < -0.3 is 5.41 Å². The Labute approximate surface area is 159 Å². The highest BCUT2D eigenvalue weighted by molar-refractivity contribution is 6.26. The molecule has 27 heavy (non-hydrogen) atoms. The zero-order valence-corrected chi connectivity index (χ0v) is 15.7. The van der Waals surface area contributed by atoms with Gasteiger partial charge in [-0.2, -0.15) is 0 Å². The smallest absolute Gasteiger partial charge is 0.123 e. The third-order valence-corrected chi connectivity index (χ3v) is 4.86. The van der Waals surface area contributed by atoms with Crippen molar-refractivity contribution in [3.63, 3.8) is 0 Å². The van der Waals surface area contributed by atoms with Gasteiger partial charge in [0.25, 0.3) is 0 Å². The van der Waals surface area contributed by atoms with Gasteiger partial charge in [0.2, 0.25) is 0 Å². The summed E-state index contributed by atoms with van der Waals surface area (Å²) in [6.45, 7) is 8.08. The Bertz CT molecular complexity index is 929. The lowest BCUT2D eigenvalue weighted by molar-refractivity contribution is 0.625. The van der Waals surface area contributed by atoms with Gasteiger partial charge in [-0.3, -0.25) is 15.0 Å². The molecule has 1 aromatic heterocycles. The highest BCUT2D eigenvalue weighted by Gasteiger charge is 2.30. The van der Waals surface area contributed by atoms with E-state index in [4.69, 9.17) is 5.41 Å². The van der Waals surface area contributed by atoms with E-state index in [1.54, 1.807) is 18.5 Å². The van der Waals surface area contributed by atoms with E-state index in [1.807, 2.05) is 32.0 Å². The molecule has 5 heteroatoms. The van der Waals surface area contributed by atoms with E-state index < -0.39 is 0 Å². The van der Waals surface area contributed by atoms with Crippen molar-refractivity contribution in [2.24, 2.45) is 9.98 Å². The topological polar surface area (TPSA) is 61.5 Å². The molecule has 1 heterocycles. The zero-order valence-electron chi connectivity index (χ0n) is 15.7. The Morgan fingerprint density at radius 1 is 1.33 bits per heavy atom. The zero-order chi connectivity index (χ0) is 19.4. The third-order valence-electron chi connectivity index (χ3n) is 4.86. The quantitative estimate of drug-likeness (QED) is 0.745. The molecule has 0 amide bonds. The van der Waals surface area contributed by atoms with E-state index in [2.05, 4.69) is 21.7 Å². The molecule has 1 aromatic carbocycles. The fourth-order valence-corrected chi connectivity index (χ4v) is 3.65. The van der Waals surface area contributed by atoms with E-state index in [9.17, 15) is 4.39 Å². The van der Waals surface area contributed by atoms with Crippen LogP contribution >= 0.6 is 0 Å². The van der Waals surface area contributed by atoms with Gasteiger partial charge in [-0.15, -0.1) is 0 Å². The maximum Gasteiger partial charge on any atom is 0.123 e. The first-order valence-electron chi connectivity index (χ1n) is 9.04. The first kappa shape index (κ1) is 18.8. The van der Waals surface area contributed by atoms with E-state index >= 15 is 0 Å². The Hall–Kier alpha value is -2.95. The van der Waals surface area contributed by atoms with Crippen LogP contribution in [0, 0.1) is 11.2 Å². The molecule has 2 aromatic rings. The number of rotatable bonds is 4. The molecule has 0 saturated heterocycles. The van der Waals surface area contributed by atoms with Crippen LogP contribution in [-0.4, -0.2) is 29.7 Å². The van der Waals surface area contributed by atoms with E-state index in [1.165, 1.54) is 6.07 Å². The normalized spacial score (nSPS) is 20.6. The molecule has 0 aliphatic heterocycles. The molecular formula is C22H23FN4. The molecule has 1 saturated carbocycles. The van der Waals surface area contributed by atoms with Crippen LogP contribution in [0.4, 0.5) is 4.39 Å². The second kappa shape index (κ2) is 8.16. The Kier molecular flexibility index (Phi) is 5.69. The summed E-state index contributed by atoms with van der Waals surface area (Å²) in [5, 5.41) is 8.57. The SMILES string of the molecule is C=N/C(C)=C1/C(=N)CC(c2ccc(F)cc2-c2cccnc2)CC1=NCC. The summed E-state index contributed by atoms with van der Waals surface area (Å²) in [7, 11) is 0. The van der Waals surface area contributed by atoms with Crippen LogP contribution in [0.5, 0.6) is 0 Å². The number of benzene rings is 1. The van der Waals surface area contributed by atoms with Crippen molar-refractivity contribution in [3.8, 4) is 11.1 Å². The van der Waals surface area contributed by atoms with Crippen molar-refractivity contribution >= 4 is 18.1 Å². The summed E-state index contributed by atoms with van der Waals surface area (Å²) in [6, 6.07) is 8.63. The fraction of sp³-hybridized carbons (Fsp3) is 0.273. The van der Waals surface area contributed by atoms with Gasteiger partial charge in [-0.25, -0.2) is 4.39 Å². The van der Waals surface area contributed by atoms with Crippen LogP contribution in [0.3, 0.4) is 0 Å². The van der Waals surface area contributed by atoms with Crippen molar-refractivity contribution < 1.29 is 4.39 Å². The Morgan fingerprint density at radius 3 is 2.81 bits per heavy atom. The second-order valence-corrected chi connectivity index (χ2v) is 6.60. The number of halogens is 1. The first-order chi connectivity index (χ1) is 13.0. The van der Waals surface area contributed by atoms with Crippen LogP contribution in [0.2, 0.25) is 0 Å². The van der Waals surface area contributed by atoms with Crippen molar-refractivity contribution in [1.82, 2.24) is 4.98 Å². The molecular weight excluding hydrogens is 339 g/mol. The average molecular weight is 362 g/mol. The number of nitrogens with one attached hydrogen (secondary N) is 1. The van der Waals surface area contributed by atoms with E-state index in [0.717, 1.165) is 33.7 Å². The lowest BCUT2D eigenvalue weighted by Gasteiger charge is -2.29. The fourth-order valence-electron chi connectivity index (χ4n) is 3.65. The molecule has 0 spiro atoms. The lowest BCUT2D eigenvalue weighted by atomic mass is 9.76. The highest BCUT2D eigenvalue weighted by atomic mass is 19.1. The minimum atomic E-state index is -0.279. The summed E-state index contributed by atoms with van der Waals surface area (Å²) < 4.78 is 14.0. The lowest BCUT2D eigenvalue weighted by Crippen LogP contribution is -2.26. The summed E-state index contributed by atoms with van der Waals surface area (Å²) in [6.07, 6.45) is 4.69. The van der Waals surface area contributed by atoms with Crippen molar-refractivity contribution in [2.45, 2.75) is 32.6 Å². The summed E-state index contributed by atoms with van der Waals surface area (Å²) in [5.41, 5.74) is 5.63. The van der Waals surface area contributed by atoms with Crippen LogP contribution in [0.15, 0.2) is 64.0 Å². The summed E-state index contributed by atoms with van der Waals surface area (Å²) >= 11 is 0. The van der Waals surface area contributed by atoms with Gasteiger partial charge >= 0.3 is 0 Å². The number of pyridine rings is 1. The number of aromatic nitrogens is 1. The summed E-state index contributed by atoms with van der Waals surface area (Å²) in [4.78, 5) is 12.8. The maximum absolute atomic E-state index is 14.0. The first-order valence-corrected chi connectivity index (χ1v) is 9.04. The molecule has 0 bridgehead atoms. The Balaban J connectivity index is 2.07. The molecule has 1 aliphatic rings. The van der Waals surface area contributed by atoms with Crippen molar-refractivity contribution in [1.29, 1.82) is 5.41 Å². The Morgan fingerprint density at radius 2 is 2.15 bits per heavy atom. The van der Waals surface area contributed by atoms with Crippen molar-refractivity contribution in [3.05, 3.63) is 65.4 Å². The monoisotopic (exact) mass is 362 g/mol. The molecule has 1 N–H and O–H groups in total. The predicted octanol–water partition coefficient (Wildman–Crippen LogP) is 5.22. The van der Waals surface area contributed by atoms with Crippen LogP contribution in [0.25, 0.3) is 11.1 Å². The van der Waals surface area contributed by atoms with E-state index in [-0.39, 0.29) is 11.7 Å². The van der Waals surface area contributed by atoms with Gasteiger partial charge in [0.05, 0.1) is 0 Å². The van der Waals surface area contributed by atoms with Gasteiger partial charge in [-0.05, 0) is 68.7 Å². The molecule has 1 aliphatic carbocycles. The molecule has 1 atom stereocenters. The highest BCUT2D eigenvalue weighted by Crippen LogP contribution is 2.38. The number of aliphatic imine (C=N–C) groups is 2. The van der Waals surface area contributed by atoms with Gasteiger partial charge in [0.15, 0.2) is 0 Å². The molecule has 0 radical (unpaired) electrons. The molecule has 4 nitrogen and oxygen atoms in total. The van der Waals surface area contributed by atoms with Gasteiger partial charge in [0, 0.05) is 47.2 Å². The molecule has 3 rings (SSSR count). The number of nitrogens with zero attached hydrogens (tertiary/aromatic N) is 3. The summed E-state index contributed by atoms with van der Waals surface area (Å²) in [5.74, 6) is -0.224. The van der Waals surface area contributed by atoms with Crippen molar-refractivity contribution in [2.75, 3.05) is 6.54 Å². The predicted molar refractivity (Wildman–Crippen MR) is 110 cm³/mol. The molecule has 1 unspecified atom stereocenters. The minimum absolute atomic E-state index is 0.0555. The largest absolute Gasteiger partial charge is 0.305 e. The van der Waals surface area contributed by atoms with Gasteiger partial charge in [0.1, 0.15) is 5.82 Å². The average Bonchev–Trinajstić information content (AvgIpc) is 2.68. The van der Waals surface area contributed by atoms with Crippen LogP contribution in [-0.2, 0) is 0 Å². The second-order valence-electron chi connectivity index (χ2n) is 6.60. The third kappa shape index (κ3) is 3.92. The van der Waals surface area contributed by atoms with Crippen LogP contribution < -0.4 is 0 Å². The van der Waals surface area contributed by atoms with Crippen LogP contribution in [0.1, 0.15) is 38.2 Å². The van der Waals surface area contributed by atoms with E-state index in [0.29, 0.717) is 25.1 Å². The standard InChI is InChI=1S/C22H23FN4/c1-4-27-21-11-16(10-20(24)22(21)14(2)25-3)18-8-7-17(23)12-19(18)15-6-5-9-26-13-15/h5-9,12-13,16,24H,3-4,10-11H2,1-2H3/b22-14-,24-20?,27-21?.